The first-order valence-electron chi connectivity index (χ1n) is 6.71. The van der Waals surface area contributed by atoms with Crippen LogP contribution in [0.2, 0.25) is 0 Å². The molecule has 1 saturated heterocycles. The molecule has 2 atom stereocenters. The normalized spacial score (nSPS) is 34.8. The smallest absolute Gasteiger partial charge is 0.0810 e. The minimum Gasteiger partial charge on any atom is -0.369 e. The van der Waals surface area contributed by atoms with E-state index < -0.39 is 0 Å². The molecule has 0 aromatic heterocycles. The molecule has 1 aliphatic heterocycles. The van der Waals surface area contributed by atoms with Gasteiger partial charge < -0.3 is 10.1 Å². The van der Waals surface area contributed by atoms with Gasteiger partial charge in [-0.3, -0.25) is 0 Å². The van der Waals surface area contributed by atoms with Crippen molar-refractivity contribution in [2.45, 2.75) is 76.5 Å². The number of hydrogen-bond acceptors (Lipinski definition) is 2. The molecule has 0 radical (unpaired) electrons. The Morgan fingerprint density at radius 2 is 2.00 bits per heavy atom. The molecule has 2 aliphatic rings. The number of nitrogens with one attached hydrogen (secondary N) is 1. The van der Waals surface area contributed by atoms with Crippen LogP contribution in [-0.4, -0.2) is 24.3 Å². The van der Waals surface area contributed by atoms with Gasteiger partial charge >= 0.3 is 0 Å². The van der Waals surface area contributed by atoms with E-state index in [-0.39, 0.29) is 5.60 Å². The zero-order valence-electron chi connectivity index (χ0n) is 10.2. The van der Waals surface area contributed by atoms with Gasteiger partial charge in [-0.2, -0.15) is 0 Å². The molecular weight excluding hydrogens is 186 g/mol. The Balaban J connectivity index is 1.98. The van der Waals surface area contributed by atoms with Crippen molar-refractivity contribution < 1.29 is 4.74 Å². The summed E-state index contributed by atoms with van der Waals surface area (Å²) in [5, 5.41) is 3.71. The summed E-state index contributed by atoms with van der Waals surface area (Å²) in [7, 11) is 0. The van der Waals surface area contributed by atoms with Crippen molar-refractivity contribution in [3.63, 3.8) is 0 Å². The van der Waals surface area contributed by atoms with E-state index in [4.69, 9.17) is 4.74 Å². The molecule has 0 aromatic rings. The second-order valence-corrected chi connectivity index (χ2v) is 5.23. The van der Waals surface area contributed by atoms with Gasteiger partial charge in [0, 0.05) is 12.6 Å². The summed E-state index contributed by atoms with van der Waals surface area (Å²) in [5.41, 5.74) is 0.214. The predicted octanol–water partition coefficient (Wildman–Crippen LogP) is 2.87. The highest BCUT2D eigenvalue weighted by atomic mass is 16.5. The van der Waals surface area contributed by atoms with E-state index in [0.717, 1.165) is 6.54 Å². The second kappa shape index (κ2) is 4.84. The van der Waals surface area contributed by atoms with E-state index >= 15 is 0 Å². The molecule has 2 nitrogen and oxygen atoms in total. The van der Waals surface area contributed by atoms with E-state index in [1.54, 1.807) is 0 Å². The Hall–Kier alpha value is -0.0800. The first-order valence-corrected chi connectivity index (χ1v) is 6.71. The fourth-order valence-electron chi connectivity index (χ4n) is 3.16. The topological polar surface area (TPSA) is 21.3 Å². The van der Waals surface area contributed by atoms with Gasteiger partial charge in [0.1, 0.15) is 0 Å². The molecule has 2 fully saturated rings. The Morgan fingerprint density at radius 1 is 1.27 bits per heavy atom. The molecular formula is C13H25NO. The van der Waals surface area contributed by atoms with Crippen LogP contribution in [0.3, 0.4) is 0 Å². The van der Waals surface area contributed by atoms with Crippen molar-refractivity contribution >= 4 is 0 Å². The first-order chi connectivity index (χ1) is 7.29. The van der Waals surface area contributed by atoms with E-state index in [1.807, 2.05) is 0 Å². The third-order valence-electron chi connectivity index (χ3n) is 4.06. The SMILES string of the molecule is CCCC1OC2(CCCC2)CNC1CC. The van der Waals surface area contributed by atoms with Gasteiger partial charge in [0.2, 0.25) is 0 Å². The molecule has 2 unspecified atom stereocenters. The monoisotopic (exact) mass is 211 g/mol. The molecule has 1 N–H and O–H groups in total. The largest absolute Gasteiger partial charge is 0.369 e. The van der Waals surface area contributed by atoms with Crippen molar-refractivity contribution in [3.8, 4) is 0 Å². The third kappa shape index (κ3) is 2.36. The van der Waals surface area contributed by atoms with Crippen LogP contribution in [0, 0.1) is 0 Å². The highest BCUT2D eigenvalue weighted by Gasteiger charge is 2.42. The van der Waals surface area contributed by atoms with Gasteiger partial charge in [-0.1, -0.05) is 33.1 Å². The first kappa shape index (κ1) is 11.4. The van der Waals surface area contributed by atoms with Crippen molar-refractivity contribution in [2.75, 3.05) is 6.54 Å². The van der Waals surface area contributed by atoms with Gasteiger partial charge in [0.15, 0.2) is 0 Å². The van der Waals surface area contributed by atoms with Crippen molar-refractivity contribution in [1.82, 2.24) is 5.32 Å². The lowest BCUT2D eigenvalue weighted by atomic mass is 9.93. The maximum atomic E-state index is 6.42. The molecule has 2 rings (SSSR count). The van der Waals surface area contributed by atoms with Gasteiger partial charge in [-0.05, 0) is 25.7 Å². The maximum Gasteiger partial charge on any atom is 0.0810 e. The number of hydrogen-bond donors (Lipinski definition) is 1. The Bertz CT molecular complexity index is 199. The Labute approximate surface area is 93.8 Å². The predicted molar refractivity (Wildman–Crippen MR) is 63.1 cm³/mol. The van der Waals surface area contributed by atoms with Crippen LogP contribution in [0.15, 0.2) is 0 Å². The highest BCUT2D eigenvalue weighted by molar-refractivity contribution is 4.96. The van der Waals surface area contributed by atoms with Gasteiger partial charge in [0.05, 0.1) is 11.7 Å². The van der Waals surface area contributed by atoms with Crippen molar-refractivity contribution in [2.24, 2.45) is 0 Å². The lowest BCUT2D eigenvalue weighted by Crippen LogP contribution is -2.57. The van der Waals surface area contributed by atoms with Crippen LogP contribution >= 0.6 is 0 Å². The third-order valence-corrected chi connectivity index (χ3v) is 4.06. The van der Waals surface area contributed by atoms with E-state index in [9.17, 15) is 0 Å². The minimum atomic E-state index is 0.214. The van der Waals surface area contributed by atoms with Gasteiger partial charge in [-0.15, -0.1) is 0 Å². The van der Waals surface area contributed by atoms with Crippen molar-refractivity contribution in [3.05, 3.63) is 0 Å². The fraction of sp³-hybridized carbons (Fsp3) is 1.00. The van der Waals surface area contributed by atoms with E-state index in [0.29, 0.717) is 12.1 Å². The molecule has 0 bridgehead atoms. The number of rotatable bonds is 3. The number of morpholine rings is 1. The van der Waals surface area contributed by atoms with Gasteiger partial charge in [-0.25, -0.2) is 0 Å². The second-order valence-electron chi connectivity index (χ2n) is 5.23. The fourth-order valence-corrected chi connectivity index (χ4v) is 3.16. The Kier molecular flexibility index (Phi) is 3.68. The molecule has 15 heavy (non-hydrogen) atoms. The summed E-state index contributed by atoms with van der Waals surface area (Å²) in [4.78, 5) is 0. The average Bonchev–Trinajstić information content (AvgIpc) is 2.68. The molecule has 1 saturated carbocycles. The summed E-state index contributed by atoms with van der Waals surface area (Å²) < 4.78 is 6.42. The van der Waals surface area contributed by atoms with E-state index in [2.05, 4.69) is 19.2 Å². The van der Waals surface area contributed by atoms with Crippen LogP contribution in [0.5, 0.6) is 0 Å². The summed E-state index contributed by atoms with van der Waals surface area (Å²) in [5.74, 6) is 0. The van der Waals surface area contributed by atoms with Crippen LogP contribution in [-0.2, 0) is 4.74 Å². The lowest BCUT2D eigenvalue weighted by Gasteiger charge is -2.44. The van der Waals surface area contributed by atoms with Crippen LogP contribution < -0.4 is 5.32 Å². The van der Waals surface area contributed by atoms with Crippen LogP contribution in [0.4, 0.5) is 0 Å². The van der Waals surface area contributed by atoms with E-state index in [1.165, 1.54) is 44.9 Å². The Morgan fingerprint density at radius 3 is 2.60 bits per heavy atom. The number of ether oxygens (including phenoxy) is 1. The summed E-state index contributed by atoms with van der Waals surface area (Å²) in [6, 6.07) is 0.594. The van der Waals surface area contributed by atoms with Crippen molar-refractivity contribution in [1.29, 1.82) is 0 Å². The molecule has 88 valence electrons. The summed E-state index contributed by atoms with van der Waals surface area (Å²) in [6.45, 7) is 5.61. The van der Waals surface area contributed by atoms with Crippen LogP contribution in [0.25, 0.3) is 0 Å². The quantitative estimate of drug-likeness (QED) is 0.775. The maximum absolute atomic E-state index is 6.42. The summed E-state index contributed by atoms with van der Waals surface area (Å²) in [6.07, 6.45) is 9.38. The molecule has 1 spiro atoms. The van der Waals surface area contributed by atoms with Gasteiger partial charge in [0.25, 0.3) is 0 Å². The van der Waals surface area contributed by atoms with Crippen LogP contribution in [0.1, 0.15) is 58.8 Å². The zero-order chi connectivity index (χ0) is 10.7. The molecule has 0 aromatic carbocycles. The lowest BCUT2D eigenvalue weighted by molar-refractivity contribution is -0.134. The highest BCUT2D eigenvalue weighted by Crippen LogP contribution is 2.37. The molecule has 2 heteroatoms. The molecule has 1 heterocycles. The zero-order valence-corrected chi connectivity index (χ0v) is 10.2. The average molecular weight is 211 g/mol. The molecule has 0 amide bonds. The minimum absolute atomic E-state index is 0.214. The standard InChI is InChI=1S/C13H25NO/c1-3-7-12-11(4-2)14-10-13(15-12)8-5-6-9-13/h11-12,14H,3-10H2,1-2H3. The summed E-state index contributed by atoms with van der Waals surface area (Å²) >= 11 is 0. The molecule has 1 aliphatic carbocycles.